The predicted molar refractivity (Wildman–Crippen MR) is 61.5 cm³/mol. The van der Waals surface area contributed by atoms with Gasteiger partial charge in [-0.1, -0.05) is 30.3 Å². The fourth-order valence-electron chi connectivity index (χ4n) is 2.06. The van der Waals surface area contributed by atoms with Gasteiger partial charge in [-0.2, -0.15) is 0 Å². The average Bonchev–Trinajstić information content (AvgIpc) is 2.72. The van der Waals surface area contributed by atoms with Gasteiger partial charge in [0.1, 0.15) is 6.79 Å². The van der Waals surface area contributed by atoms with E-state index in [4.69, 9.17) is 14.2 Å². The van der Waals surface area contributed by atoms with Crippen LogP contribution in [0.3, 0.4) is 0 Å². The van der Waals surface area contributed by atoms with E-state index < -0.39 is 0 Å². The van der Waals surface area contributed by atoms with Crippen molar-refractivity contribution in [3.8, 4) is 0 Å². The van der Waals surface area contributed by atoms with Gasteiger partial charge in [0, 0.05) is 13.0 Å². The zero-order valence-electron chi connectivity index (χ0n) is 9.80. The maximum Gasteiger partial charge on any atom is 0.313 e. The number of cyclic esters (lactones) is 1. The Bertz CT molecular complexity index is 363. The lowest BCUT2D eigenvalue weighted by atomic mass is 9.89. The van der Waals surface area contributed by atoms with Gasteiger partial charge in [-0.3, -0.25) is 4.79 Å². The van der Waals surface area contributed by atoms with Crippen molar-refractivity contribution >= 4 is 5.97 Å². The van der Waals surface area contributed by atoms with E-state index in [1.807, 2.05) is 30.3 Å². The van der Waals surface area contributed by atoms with Crippen LogP contribution in [0.25, 0.3) is 0 Å². The molecule has 0 aromatic heterocycles. The summed E-state index contributed by atoms with van der Waals surface area (Å²) in [4.78, 5) is 11.7. The van der Waals surface area contributed by atoms with Gasteiger partial charge in [0.15, 0.2) is 0 Å². The molecule has 1 aliphatic heterocycles. The Balaban J connectivity index is 2.04. The van der Waals surface area contributed by atoms with Crippen molar-refractivity contribution < 1.29 is 19.0 Å². The first kappa shape index (κ1) is 12.1. The molecule has 0 bridgehead atoms. The van der Waals surface area contributed by atoms with Gasteiger partial charge < -0.3 is 14.2 Å². The Morgan fingerprint density at radius 2 is 2.12 bits per heavy atom. The summed E-state index contributed by atoms with van der Waals surface area (Å²) in [6.45, 7) is 1.13. The molecule has 0 spiro atoms. The molecule has 1 aromatic carbocycles. The molecule has 0 N–H and O–H groups in total. The topological polar surface area (TPSA) is 44.8 Å². The molecule has 0 aliphatic carbocycles. The number of benzene rings is 1. The molecule has 4 nitrogen and oxygen atoms in total. The van der Waals surface area contributed by atoms with Crippen LogP contribution in [0.5, 0.6) is 0 Å². The summed E-state index contributed by atoms with van der Waals surface area (Å²) in [5.41, 5.74) is 0.987. The number of hydrogen-bond donors (Lipinski definition) is 0. The molecule has 1 aliphatic rings. The quantitative estimate of drug-likeness (QED) is 0.442. The summed E-state index contributed by atoms with van der Waals surface area (Å²) >= 11 is 0. The Morgan fingerprint density at radius 3 is 2.82 bits per heavy atom. The average molecular weight is 236 g/mol. The molecule has 2 rings (SSSR count). The minimum Gasteiger partial charge on any atom is -0.465 e. The second-order valence-corrected chi connectivity index (χ2v) is 4.06. The minimum absolute atomic E-state index is 0.0695. The van der Waals surface area contributed by atoms with Crippen LogP contribution in [-0.2, 0) is 19.0 Å². The van der Waals surface area contributed by atoms with Crippen LogP contribution in [0, 0.1) is 5.92 Å². The maximum absolute atomic E-state index is 11.7. The highest BCUT2D eigenvalue weighted by Gasteiger charge is 2.37. The van der Waals surface area contributed by atoms with Crippen molar-refractivity contribution in [1.82, 2.24) is 0 Å². The van der Waals surface area contributed by atoms with E-state index >= 15 is 0 Å². The summed E-state index contributed by atoms with van der Waals surface area (Å²) in [6, 6.07) is 9.67. The molecule has 4 heteroatoms. The van der Waals surface area contributed by atoms with Crippen molar-refractivity contribution in [3.05, 3.63) is 35.9 Å². The second-order valence-electron chi connectivity index (χ2n) is 4.06. The number of ether oxygens (including phenoxy) is 3. The zero-order valence-corrected chi connectivity index (χ0v) is 9.80. The van der Waals surface area contributed by atoms with Crippen molar-refractivity contribution in [2.24, 2.45) is 5.92 Å². The smallest absolute Gasteiger partial charge is 0.313 e. The van der Waals surface area contributed by atoms with Gasteiger partial charge in [-0.15, -0.1) is 0 Å². The molecule has 17 heavy (non-hydrogen) atoms. The third kappa shape index (κ3) is 2.84. The van der Waals surface area contributed by atoms with Gasteiger partial charge in [-0.05, 0) is 5.56 Å². The highest BCUT2D eigenvalue weighted by molar-refractivity contribution is 5.80. The molecule has 0 radical (unpaired) electrons. The van der Waals surface area contributed by atoms with Crippen LogP contribution < -0.4 is 0 Å². The standard InChI is InChI=1S/C13H16O4/c1-15-9-16-7-11-8-17-13(14)12(11)10-5-3-2-4-6-10/h2-6,11-12H,7-9H2,1H3/t11-,12+/m1/s1. The van der Waals surface area contributed by atoms with Gasteiger partial charge in [0.25, 0.3) is 0 Å². The zero-order chi connectivity index (χ0) is 12.1. The highest BCUT2D eigenvalue weighted by atomic mass is 16.7. The molecule has 1 aromatic rings. The van der Waals surface area contributed by atoms with Gasteiger partial charge in [0.05, 0.1) is 19.1 Å². The largest absolute Gasteiger partial charge is 0.465 e. The third-order valence-corrected chi connectivity index (χ3v) is 2.86. The predicted octanol–water partition coefficient (Wildman–Crippen LogP) is 1.56. The van der Waals surface area contributed by atoms with E-state index in [-0.39, 0.29) is 24.6 Å². The Kier molecular flexibility index (Phi) is 4.12. The van der Waals surface area contributed by atoms with E-state index in [0.29, 0.717) is 13.2 Å². The van der Waals surface area contributed by atoms with Crippen LogP contribution in [0.15, 0.2) is 30.3 Å². The number of carbonyl (C=O) groups is 1. The molecule has 0 amide bonds. The first-order valence-corrected chi connectivity index (χ1v) is 5.61. The number of methoxy groups -OCH3 is 1. The number of esters is 1. The summed E-state index contributed by atoms with van der Waals surface area (Å²) in [6.07, 6.45) is 0. The molecule has 92 valence electrons. The lowest BCUT2D eigenvalue weighted by Gasteiger charge is -2.15. The maximum atomic E-state index is 11.7. The molecule has 2 atom stereocenters. The van der Waals surface area contributed by atoms with Crippen LogP contribution in [0.1, 0.15) is 11.5 Å². The minimum atomic E-state index is -0.215. The van der Waals surface area contributed by atoms with Crippen molar-refractivity contribution in [2.75, 3.05) is 27.1 Å². The highest BCUT2D eigenvalue weighted by Crippen LogP contribution is 2.32. The summed E-state index contributed by atoms with van der Waals surface area (Å²) in [7, 11) is 1.57. The molecule has 1 saturated heterocycles. The Morgan fingerprint density at radius 1 is 1.35 bits per heavy atom. The summed E-state index contributed by atoms with van der Waals surface area (Å²) in [5, 5.41) is 0. The van der Waals surface area contributed by atoms with E-state index in [0.717, 1.165) is 5.56 Å². The lowest BCUT2D eigenvalue weighted by molar-refractivity contribution is -0.139. The van der Waals surface area contributed by atoms with Gasteiger partial charge >= 0.3 is 5.97 Å². The number of rotatable bonds is 5. The first-order valence-electron chi connectivity index (χ1n) is 5.61. The molecule has 1 fully saturated rings. The van der Waals surface area contributed by atoms with Crippen molar-refractivity contribution in [1.29, 1.82) is 0 Å². The van der Waals surface area contributed by atoms with Crippen LogP contribution in [0.2, 0.25) is 0 Å². The van der Waals surface area contributed by atoms with Gasteiger partial charge in [-0.25, -0.2) is 0 Å². The van der Waals surface area contributed by atoms with E-state index in [2.05, 4.69) is 0 Å². The Labute approximate surface area is 100 Å². The monoisotopic (exact) mass is 236 g/mol. The first-order chi connectivity index (χ1) is 8.33. The molecule has 0 saturated carbocycles. The molecular formula is C13H16O4. The summed E-state index contributed by atoms with van der Waals surface area (Å²) < 4.78 is 15.2. The van der Waals surface area contributed by atoms with Crippen LogP contribution >= 0.6 is 0 Å². The number of carbonyl (C=O) groups excluding carboxylic acids is 1. The van der Waals surface area contributed by atoms with Crippen LogP contribution in [-0.4, -0.2) is 33.1 Å². The van der Waals surface area contributed by atoms with Crippen molar-refractivity contribution in [2.45, 2.75) is 5.92 Å². The summed E-state index contributed by atoms with van der Waals surface area (Å²) in [5.74, 6) is -0.310. The third-order valence-electron chi connectivity index (χ3n) is 2.86. The van der Waals surface area contributed by atoms with E-state index in [1.54, 1.807) is 7.11 Å². The molecule has 0 unspecified atom stereocenters. The SMILES string of the molecule is COCOC[C@@H]1COC(=O)[C@H]1c1ccccc1. The fraction of sp³-hybridized carbons (Fsp3) is 0.462. The molecular weight excluding hydrogens is 220 g/mol. The normalized spacial score (nSPS) is 23.7. The van der Waals surface area contributed by atoms with E-state index in [1.165, 1.54) is 0 Å². The fourth-order valence-corrected chi connectivity index (χ4v) is 2.06. The van der Waals surface area contributed by atoms with Crippen LogP contribution in [0.4, 0.5) is 0 Å². The van der Waals surface area contributed by atoms with Gasteiger partial charge in [0.2, 0.25) is 0 Å². The van der Waals surface area contributed by atoms with Crippen molar-refractivity contribution in [3.63, 3.8) is 0 Å². The number of hydrogen-bond acceptors (Lipinski definition) is 4. The lowest BCUT2D eigenvalue weighted by Crippen LogP contribution is -2.19. The second kappa shape index (κ2) is 5.80. The Hall–Kier alpha value is -1.39. The molecule has 1 heterocycles. The van der Waals surface area contributed by atoms with E-state index in [9.17, 15) is 4.79 Å².